The molecule has 2 aromatic heterocycles. The molecule has 1 aliphatic heterocycles. The van der Waals surface area contributed by atoms with Gasteiger partial charge in [-0.25, -0.2) is 15.0 Å². The average molecular weight is 448 g/mol. The van der Waals surface area contributed by atoms with Gasteiger partial charge >= 0.3 is 6.18 Å². The fourth-order valence-electron chi connectivity index (χ4n) is 2.80. The first-order valence-corrected chi connectivity index (χ1v) is 9.75. The number of thioether (sulfide) groups is 1. The average Bonchev–Trinajstić information content (AvgIpc) is 3.37. The Kier molecular flexibility index (Phi) is 5.55. The topological polar surface area (TPSA) is 108 Å². The number of carbonyl (C=O) groups excluding carboxylic acids is 1. The summed E-state index contributed by atoms with van der Waals surface area (Å²) in [6, 6.07) is 5.98. The van der Waals surface area contributed by atoms with E-state index in [0.29, 0.717) is 24.6 Å². The van der Waals surface area contributed by atoms with E-state index in [-0.39, 0.29) is 10.6 Å². The van der Waals surface area contributed by atoms with Crippen LogP contribution >= 0.6 is 11.8 Å². The van der Waals surface area contributed by atoms with Crippen molar-refractivity contribution in [2.75, 3.05) is 11.9 Å². The third-order valence-corrected chi connectivity index (χ3v) is 5.30. The zero-order valence-corrected chi connectivity index (χ0v) is 16.6. The monoisotopic (exact) mass is 448 g/mol. The molecule has 0 saturated carbocycles. The molecule has 4 rings (SSSR count). The number of nitrogens with two attached hydrogens (primary N) is 1. The minimum Gasteiger partial charge on any atom is -0.492 e. The second-order valence-corrected chi connectivity index (χ2v) is 7.42. The molecule has 3 N–H and O–H groups in total. The number of aromatic nitrogens is 4. The van der Waals surface area contributed by atoms with Crippen LogP contribution in [0.15, 0.2) is 59.1 Å². The first-order chi connectivity index (χ1) is 14.8. The molecular weight excluding hydrogens is 433 g/mol. The lowest BCUT2D eigenvalue weighted by Gasteiger charge is -2.09. The SMILES string of the molecule is NC(=O)/C(=C1\Nc2ccc(OCCn3ccnc3)cc2S1)c1nccc(C(F)(F)F)n1. The number of primary amides is 1. The van der Waals surface area contributed by atoms with Crippen LogP contribution in [0.4, 0.5) is 18.9 Å². The van der Waals surface area contributed by atoms with Gasteiger partial charge < -0.3 is 20.4 Å². The van der Waals surface area contributed by atoms with Crippen LogP contribution in [0.5, 0.6) is 5.75 Å². The summed E-state index contributed by atoms with van der Waals surface area (Å²) in [5, 5.41) is 3.24. The Morgan fingerprint density at radius 1 is 1.26 bits per heavy atom. The van der Waals surface area contributed by atoms with Gasteiger partial charge in [-0.1, -0.05) is 11.8 Å². The number of hydrogen-bond acceptors (Lipinski definition) is 7. The Morgan fingerprint density at radius 2 is 2.10 bits per heavy atom. The Labute approximate surface area is 178 Å². The van der Waals surface area contributed by atoms with Crippen LogP contribution < -0.4 is 15.8 Å². The van der Waals surface area contributed by atoms with E-state index in [1.807, 2.05) is 10.8 Å². The number of amides is 1. The molecular formula is C19H15F3N6O2S. The number of halogens is 3. The van der Waals surface area contributed by atoms with Gasteiger partial charge in [0.1, 0.15) is 23.6 Å². The minimum atomic E-state index is -4.67. The van der Waals surface area contributed by atoms with Gasteiger partial charge in [0, 0.05) is 23.5 Å². The van der Waals surface area contributed by atoms with Crippen LogP contribution in [-0.2, 0) is 17.5 Å². The number of carbonyl (C=O) groups is 1. The number of anilines is 1. The van der Waals surface area contributed by atoms with E-state index in [9.17, 15) is 18.0 Å². The fourth-order valence-corrected chi connectivity index (χ4v) is 3.88. The van der Waals surface area contributed by atoms with Gasteiger partial charge in [0.25, 0.3) is 5.91 Å². The standard InChI is InChI=1S/C19H15F3N6O2S/c20-19(21,22)14-3-4-25-17(27-14)15(16(23)29)18-26-12-2-1-11(9-13(12)31-18)30-8-7-28-6-5-24-10-28/h1-6,9-10,26H,7-8H2,(H2,23,29)/b18-15-. The number of ether oxygens (including phenoxy) is 1. The summed E-state index contributed by atoms with van der Waals surface area (Å²) >= 11 is 1.14. The molecule has 1 aromatic carbocycles. The normalized spacial score (nSPS) is 14.7. The van der Waals surface area contributed by atoms with Crippen molar-refractivity contribution < 1.29 is 22.7 Å². The number of hydrogen-bond donors (Lipinski definition) is 2. The molecule has 0 radical (unpaired) electrons. The van der Waals surface area contributed by atoms with Gasteiger partial charge in [-0.3, -0.25) is 4.79 Å². The van der Waals surface area contributed by atoms with Crippen molar-refractivity contribution in [1.82, 2.24) is 19.5 Å². The molecule has 0 unspecified atom stereocenters. The highest BCUT2D eigenvalue weighted by atomic mass is 32.2. The summed E-state index contributed by atoms with van der Waals surface area (Å²) in [5.41, 5.74) is 4.71. The van der Waals surface area contributed by atoms with Crippen LogP contribution in [0.2, 0.25) is 0 Å². The lowest BCUT2D eigenvalue weighted by atomic mass is 10.2. The fraction of sp³-hybridized carbons (Fsp3) is 0.158. The first kappa shape index (κ1) is 20.7. The van der Waals surface area contributed by atoms with Gasteiger partial charge in [-0.05, 0) is 24.3 Å². The molecule has 0 aliphatic carbocycles. The minimum absolute atomic E-state index is 0.227. The van der Waals surface area contributed by atoms with Gasteiger partial charge in [-0.2, -0.15) is 13.2 Å². The molecule has 1 aliphatic rings. The van der Waals surface area contributed by atoms with Crippen molar-refractivity contribution in [3.8, 4) is 5.75 Å². The predicted molar refractivity (Wildman–Crippen MR) is 107 cm³/mol. The predicted octanol–water partition coefficient (Wildman–Crippen LogP) is 3.14. The van der Waals surface area contributed by atoms with Gasteiger partial charge in [0.05, 0.1) is 23.6 Å². The van der Waals surface area contributed by atoms with Crippen LogP contribution in [-0.4, -0.2) is 32.0 Å². The third-order valence-electron chi connectivity index (χ3n) is 4.23. The van der Waals surface area contributed by atoms with Crippen molar-refractivity contribution >= 4 is 28.9 Å². The molecule has 0 bridgehead atoms. The summed E-state index contributed by atoms with van der Waals surface area (Å²) in [5.74, 6) is -0.744. The van der Waals surface area contributed by atoms with Gasteiger partial charge in [-0.15, -0.1) is 0 Å². The molecule has 160 valence electrons. The molecule has 0 fully saturated rings. The van der Waals surface area contributed by atoms with Crippen LogP contribution in [0.25, 0.3) is 5.57 Å². The maximum absolute atomic E-state index is 13.0. The molecule has 3 heterocycles. The van der Waals surface area contributed by atoms with Crippen LogP contribution in [0.3, 0.4) is 0 Å². The highest BCUT2D eigenvalue weighted by Gasteiger charge is 2.34. The van der Waals surface area contributed by atoms with E-state index in [1.54, 1.807) is 30.7 Å². The smallest absolute Gasteiger partial charge is 0.433 e. The quantitative estimate of drug-likeness (QED) is 0.558. The number of rotatable bonds is 6. The van der Waals surface area contributed by atoms with E-state index >= 15 is 0 Å². The maximum atomic E-state index is 13.0. The number of nitrogens with one attached hydrogen (secondary N) is 1. The lowest BCUT2D eigenvalue weighted by Crippen LogP contribution is -2.19. The number of fused-ring (bicyclic) bond motifs is 1. The Bertz CT molecular complexity index is 1150. The van der Waals surface area contributed by atoms with E-state index in [1.165, 1.54) is 0 Å². The van der Waals surface area contributed by atoms with Crippen LogP contribution in [0, 0.1) is 0 Å². The van der Waals surface area contributed by atoms with Crippen molar-refractivity contribution in [3.63, 3.8) is 0 Å². The van der Waals surface area contributed by atoms with Gasteiger partial charge in [0.15, 0.2) is 5.82 Å². The number of imidazole rings is 1. The van der Waals surface area contributed by atoms with Crippen LogP contribution in [0.1, 0.15) is 11.5 Å². The van der Waals surface area contributed by atoms with E-state index in [0.717, 1.165) is 28.9 Å². The molecule has 12 heteroatoms. The second-order valence-electron chi connectivity index (χ2n) is 6.37. The lowest BCUT2D eigenvalue weighted by molar-refractivity contribution is -0.141. The Balaban J connectivity index is 1.56. The number of benzene rings is 1. The Morgan fingerprint density at radius 3 is 2.81 bits per heavy atom. The van der Waals surface area contributed by atoms with Crippen molar-refractivity contribution in [2.24, 2.45) is 5.73 Å². The summed E-state index contributed by atoms with van der Waals surface area (Å²) in [6.45, 7) is 1.03. The molecule has 1 amide bonds. The molecule has 8 nitrogen and oxygen atoms in total. The maximum Gasteiger partial charge on any atom is 0.433 e. The number of nitrogens with zero attached hydrogens (tertiary/aromatic N) is 4. The Hall–Kier alpha value is -3.54. The molecule has 0 saturated heterocycles. The summed E-state index contributed by atoms with van der Waals surface area (Å²) < 4.78 is 46.6. The van der Waals surface area contributed by atoms with Gasteiger partial charge in [0.2, 0.25) is 0 Å². The molecule has 3 aromatic rings. The zero-order chi connectivity index (χ0) is 22.0. The van der Waals surface area contributed by atoms with Crippen molar-refractivity contribution in [3.05, 3.63) is 65.7 Å². The van der Waals surface area contributed by atoms with Crippen molar-refractivity contribution in [1.29, 1.82) is 0 Å². The van der Waals surface area contributed by atoms with E-state index in [4.69, 9.17) is 10.5 Å². The highest BCUT2D eigenvalue weighted by molar-refractivity contribution is 8.04. The van der Waals surface area contributed by atoms with E-state index < -0.39 is 23.6 Å². The molecule has 31 heavy (non-hydrogen) atoms. The molecule has 0 spiro atoms. The molecule has 0 atom stereocenters. The second kappa shape index (κ2) is 8.30. The third kappa shape index (κ3) is 4.63. The summed E-state index contributed by atoms with van der Waals surface area (Å²) in [7, 11) is 0. The summed E-state index contributed by atoms with van der Waals surface area (Å²) in [6.07, 6.45) is 1.45. The zero-order valence-electron chi connectivity index (χ0n) is 15.8. The largest absolute Gasteiger partial charge is 0.492 e. The van der Waals surface area contributed by atoms with Crippen molar-refractivity contribution in [2.45, 2.75) is 17.6 Å². The highest BCUT2D eigenvalue weighted by Crippen LogP contribution is 2.45. The first-order valence-electron chi connectivity index (χ1n) is 8.93. The summed E-state index contributed by atoms with van der Waals surface area (Å²) in [4.78, 5) is 24.0. The number of alkyl halides is 3. The van der Waals surface area contributed by atoms with E-state index in [2.05, 4.69) is 20.3 Å².